The van der Waals surface area contributed by atoms with Crippen LogP contribution in [0.4, 0.5) is 0 Å². The minimum Gasteiger partial charge on any atom is -0.463 e. The second-order valence-electron chi connectivity index (χ2n) is 3.21. The van der Waals surface area contributed by atoms with Crippen LogP contribution in [0.15, 0.2) is 18.2 Å². The molecule has 0 aliphatic heterocycles. The fourth-order valence-electron chi connectivity index (χ4n) is 1.04. The summed E-state index contributed by atoms with van der Waals surface area (Å²) in [7, 11) is 0. The topological polar surface area (TPSA) is 43.4 Å². The average Bonchev–Trinajstić information content (AvgIpc) is 2.74. The van der Waals surface area contributed by atoms with Crippen LogP contribution in [0.25, 0.3) is 6.08 Å². The van der Waals surface area contributed by atoms with Gasteiger partial charge in [0.25, 0.3) is 0 Å². The Bertz CT molecular complexity index is 379. The third-order valence-corrected chi connectivity index (χ3v) is 2.87. The van der Waals surface area contributed by atoms with Crippen LogP contribution in [0, 0.1) is 0 Å². The van der Waals surface area contributed by atoms with Crippen molar-refractivity contribution >= 4 is 29.7 Å². The van der Waals surface area contributed by atoms with Crippen molar-refractivity contribution in [3.63, 3.8) is 0 Å². The monoisotopic (exact) mass is 238 g/mol. The highest BCUT2D eigenvalue weighted by molar-refractivity contribution is 7.14. The molecule has 16 heavy (non-hydrogen) atoms. The van der Waals surface area contributed by atoms with Crippen molar-refractivity contribution in [3.8, 4) is 0 Å². The smallest absolute Gasteiger partial charge is 0.330 e. The van der Waals surface area contributed by atoms with E-state index in [2.05, 4.69) is 0 Å². The molecule has 0 aliphatic carbocycles. The van der Waals surface area contributed by atoms with Crippen LogP contribution in [0.3, 0.4) is 0 Å². The van der Waals surface area contributed by atoms with E-state index < -0.39 is 0 Å². The molecule has 1 heterocycles. The van der Waals surface area contributed by atoms with E-state index in [1.807, 2.05) is 6.92 Å². The fourth-order valence-corrected chi connectivity index (χ4v) is 1.77. The zero-order valence-corrected chi connectivity index (χ0v) is 9.96. The molecule has 0 radical (unpaired) electrons. The maximum atomic E-state index is 11.2. The van der Waals surface area contributed by atoms with Gasteiger partial charge in [0.1, 0.15) is 0 Å². The number of aldehydes is 1. The Morgan fingerprint density at radius 2 is 2.19 bits per heavy atom. The Labute approximate surface area is 98.7 Å². The van der Waals surface area contributed by atoms with Crippen LogP contribution >= 0.6 is 11.3 Å². The SMILES string of the molecule is CCCCOC(=O)/C=C/c1ccc(C=O)s1. The standard InChI is InChI=1S/C12H14O3S/c1-2-3-8-15-12(14)7-6-10-4-5-11(9-13)16-10/h4-7,9H,2-3,8H2,1H3/b7-6+. The summed E-state index contributed by atoms with van der Waals surface area (Å²) in [5.74, 6) is -0.338. The normalized spacial score (nSPS) is 10.6. The van der Waals surface area contributed by atoms with Crippen LogP contribution in [-0.2, 0) is 9.53 Å². The molecule has 0 atom stereocenters. The van der Waals surface area contributed by atoms with Crippen molar-refractivity contribution < 1.29 is 14.3 Å². The minimum absolute atomic E-state index is 0.338. The Kier molecular flexibility index (Phi) is 5.50. The van der Waals surface area contributed by atoms with E-state index in [0.717, 1.165) is 24.0 Å². The molecule has 0 saturated heterocycles. The summed E-state index contributed by atoms with van der Waals surface area (Å²) in [6.45, 7) is 2.50. The molecule has 1 rings (SSSR count). The zero-order chi connectivity index (χ0) is 11.8. The number of carbonyl (C=O) groups excluding carboxylic acids is 2. The van der Waals surface area contributed by atoms with Crippen molar-refractivity contribution in [3.05, 3.63) is 28.0 Å². The summed E-state index contributed by atoms with van der Waals surface area (Å²) < 4.78 is 4.95. The van der Waals surface area contributed by atoms with Gasteiger partial charge in [0, 0.05) is 11.0 Å². The first kappa shape index (κ1) is 12.6. The van der Waals surface area contributed by atoms with Crippen LogP contribution in [0.1, 0.15) is 34.3 Å². The molecule has 1 aromatic rings. The third kappa shape index (κ3) is 4.40. The number of unbranched alkanes of at least 4 members (excludes halogenated alkanes) is 1. The van der Waals surface area contributed by atoms with E-state index >= 15 is 0 Å². The molecular formula is C12H14O3S. The molecule has 0 saturated carbocycles. The Hall–Kier alpha value is -1.42. The fraction of sp³-hybridized carbons (Fsp3) is 0.333. The van der Waals surface area contributed by atoms with Gasteiger partial charge in [0.15, 0.2) is 6.29 Å². The molecule has 4 heteroatoms. The number of ether oxygens (including phenoxy) is 1. The maximum absolute atomic E-state index is 11.2. The predicted octanol–water partition coefficient (Wildman–Crippen LogP) is 2.92. The van der Waals surface area contributed by atoms with Gasteiger partial charge < -0.3 is 4.74 Å². The van der Waals surface area contributed by atoms with Gasteiger partial charge in [-0.05, 0) is 24.6 Å². The van der Waals surface area contributed by atoms with Gasteiger partial charge in [-0.15, -0.1) is 11.3 Å². The van der Waals surface area contributed by atoms with Gasteiger partial charge in [0.2, 0.25) is 0 Å². The highest BCUT2D eigenvalue weighted by atomic mass is 32.1. The largest absolute Gasteiger partial charge is 0.463 e. The van der Waals surface area contributed by atoms with Crippen molar-refractivity contribution in [1.29, 1.82) is 0 Å². The molecule has 0 fully saturated rings. The summed E-state index contributed by atoms with van der Waals surface area (Å²) >= 11 is 1.34. The summed E-state index contributed by atoms with van der Waals surface area (Å²) in [4.78, 5) is 23.1. The molecular weight excluding hydrogens is 224 g/mol. The average molecular weight is 238 g/mol. The highest BCUT2D eigenvalue weighted by Gasteiger charge is 1.98. The van der Waals surface area contributed by atoms with Gasteiger partial charge in [-0.1, -0.05) is 13.3 Å². The molecule has 1 aromatic heterocycles. The van der Waals surface area contributed by atoms with E-state index in [4.69, 9.17) is 4.74 Å². The van der Waals surface area contributed by atoms with E-state index in [-0.39, 0.29) is 5.97 Å². The van der Waals surface area contributed by atoms with E-state index in [1.54, 1.807) is 18.2 Å². The third-order valence-electron chi connectivity index (χ3n) is 1.89. The molecule has 0 amide bonds. The lowest BCUT2D eigenvalue weighted by atomic mass is 10.3. The van der Waals surface area contributed by atoms with Crippen LogP contribution < -0.4 is 0 Å². The summed E-state index contributed by atoms with van der Waals surface area (Å²) in [5.41, 5.74) is 0. The van der Waals surface area contributed by atoms with Crippen molar-refractivity contribution in [2.75, 3.05) is 6.61 Å². The van der Waals surface area contributed by atoms with Crippen molar-refractivity contribution in [1.82, 2.24) is 0 Å². The molecule has 3 nitrogen and oxygen atoms in total. The minimum atomic E-state index is -0.338. The molecule has 0 aliphatic rings. The van der Waals surface area contributed by atoms with E-state index in [0.29, 0.717) is 11.5 Å². The molecule has 86 valence electrons. The number of esters is 1. The van der Waals surface area contributed by atoms with Gasteiger partial charge in [-0.3, -0.25) is 4.79 Å². The second kappa shape index (κ2) is 6.95. The van der Waals surface area contributed by atoms with E-state index in [1.165, 1.54) is 17.4 Å². The van der Waals surface area contributed by atoms with Gasteiger partial charge >= 0.3 is 5.97 Å². The van der Waals surface area contributed by atoms with Gasteiger partial charge in [-0.2, -0.15) is 0 Å². The van der Waals surface area contributed by atoms with Gasteiger partial charge in [0.05, 0.1) is 11.5 Å². The molecule has 0 N–H and O–H groups in total. The first-order chi connectivity index (χ1) is 7.76. The first-order valence-corrected chi connectivity index (χ1v) is 5.97. The summed E-state index contributed by atoms with van der Waals surface area (Å²) in [5, 5.41) is 0. The lowest BCUT2D eigenvalue weighted by Gasteiger charge is -1.98. The quantitative estimate of drug-likeness (QED) is 0.331. The number of rotatable bonds is 6. The molecule has 0 spiro atoms. The Balaban J connectivity index is 2.40. The van der Waals surface area contributed by atoms with Crippen LogP contribution in [0.2, 0.25) is 0 Å². The number of thiophene rings is 1. The molecule has 0 unspecified atom stereocenters. The first-order valence-electron chi connectivity index (χ1n) is 5.16. The van der Waals surface area contributed by atoms with Crippen LogP contribution in [0.5, 0.6) is 0 Å². The van der Waals surface area contributed by atoms with Crippen LogP contribution in [-0.4, -0.2) is 18.9 Å². The lowest BCUT2D eigenvalue weighted by molar-refractivity contribution is -0.137. The van der Waals surface area contributed by atoms with E-state index in [9.17, 15) is 9.59 Å². The number of carbonyl (C=O) groups is 2. The highest BCUT2D eigenvalue weighted by Crippen LogP contribution is 2.15. The summed E-state index contributed by atoms with van der Waals surface area (Å²) in [6, 6.07) is 3.52. The zero-order valence-electron chi connectivity index (χ0n) is 9.14. The molecule has 0 bridgehead atoms. The molecule has 0 aromatic carbocycles. The number of hydrogen-bond donors (Lipinski definition) is 0. The van der Waals surface area contributed by atoms with Gasteiger partial charge in [-0.25, -0.2) is 4.79 Å². The van der Waals surface area contributed by atoms with Crippen molar-refractivity contribution in [2.45, 2.75) is 19.8 Å². The Morgan fingerprint density at radius 1 is 1.44 bits per heavy atom. The summed E-state index contributed by atoms with van der Waals surface area (Å²) in [6.07, 6.45) is 5.72. The predicted molar refractivity (Wildman–Crippen MR) is 64.6 cm³/mol. The second-order valence-corrected chi connectivity index (χ2v) is 4.36. The maximum Gasteiger partial charge on any atom is 0.330 e. The van der Waals surface area contributed by atoms with Crippen molar-refractivity contribution in [2.24, 2.45) is 0 Å². The number of hydrogen-bond acceptors (Lipinski definition) is 4. The lowest BCUT2D eigenvalue weighted by Crippen LogP contribution is -2.01. The Morgan fingerprint density at radius 3 is 2.81 bits per heavy atom.